The Bertz CT molecular complexity index is 520. The Kier molecular flexibility index (Phi) is 4.67. The van der Waals surface area contributed by atoms with Crippen LogP contribution in [0.4, 0.5) is 0 Å². The number of carbonyl (C=O) groups is 1. The molecule has 0 N–H and O–H groups in total. The van der Waals surface area contributed by atoms with Crippen LogP contribution in [0.3, 0.4) is 0 Å². The molecule has 2 aromatic rings. The summed E-state index contributed by atoms with van der Waals surface area (Å²) >= 11 is 0. The normalized spacial score (nSPS) is 10.2. The van der Waals surface area contributed by atoms with Gasteiger partial charge in [0.05, 0.1) is 0 Å². The molecule has 98 valence electrons. The first-order valence-corrected chi connectivity index (χ1v) is 6.34. The summed E-state index contributed by atoms with van der Waals surface area (Å²) in [4.78, 5) is 14.9. The lowest BCUT2D eigenvalue weighted by Gasteiger charge is -2.07. The third-order valence-electron chi connectivity index (χ3n) is 2.84. The summed E-state index contributed by atoms with van der Waals surface area (Å²) in [5, 5.41) is 0. The summed E-state index contributed by atoms with van der Waals surface area (Å²) in [7, 11) is 0. The fraction of sp³-hybridized carbons (Fsp3) is 0.250. The number of nitrogens with zero attached hydrogens (tertiary/aromatic N) is 1. The van der Waals surface area contributed by atoms with Gasteiger partial charge in [-0.3, -0.25) is 4.98 Å². The molecule has 0 atom stereocenters. The number of hydrogen-bond acceptors (Lipinski definition) is 3. The number of rotatable bonds is 6. The van der Waals surface area contributed by atoms with Crippen LogP contribution in [0.2, 0.25) is 0 Å². The molecule has 0 fully saturated rings. The quantitative estimate of drug-likeness (QED) is 0.795. The molecule has 3 nitrogen and oxygen atoms in total. The second-order valence-electron chi connectivity index (χ2n) is 4.49. The third-order valence-corrected chi connectivity index (χ3v) is 2.84. The maximum absolute atomic E-state index is 10.9. The smallest absolute Gasteiger partial charge is 0.130 e. The molecule has 1 heterocycles. The fourth-order valence-corrected chi connectivity index (χ4v) is 1.72. The lowest BCUT2D eigenvalue weighted by molar-refractivity contribution is -0.116. The average molecular weight is 255 g/mol. The Morgan fingerprint density at radius 2 is 1.74 bits per heavy atom. The van der Waals surface area contributed by atoms with Crippen molar-refractivity contribution in [3.8, 4) is 5.75 Å². The summed E-state index contributed by atoms with van der Waals surface area (Å²) in [5.41, 5.74) is 2.25. The fourth-order valence-electron chi connectivity index (χ4n) is 1.72. The lowest BCUT2D eigenvalue weighted by Crippen LogP contribution is -1.96. The lowest BCUT2D eigenvalue weighted by atomic mass is 10.1. The van der Waals surface area contributed by atoms with Gasteiger partial charge in [0, 0.05) is 18.8 Å². The van der Waals surface area contributed by atoms with Gasteiger partial charge in [0.25, 0.3) is 0 Å². The highest BCUT2D eigenvalue weighted by Crippen LogP contribution is 2.15. The van der Waals surface area contributed by atoms with E-state index in [0.29, 0.717) is 13.0 Å². The standard InChI is InChI=1S/C16H17NO2/c1-13(18)2-3-14-4-6-16(7-5-14)19-12-15-8-10-17-11-9-15/h4-11H,2-3,12H2,1H3. The molecule has 0 unspecified atom stereocenters. The number of Topliss-reactive ketones (excluding diaryl/α,β-unsaturated/α-hetero) is 1. The molecule has 3 heteroatoms. The Morgan fingerprint density at radius 3 is 2.37 bits per heavy atom. The SMILES string of the molecule is CC(=O)CCc1ccc(OCc2ccncc2)cc1. The van der Waals surface area contributed by atoms with Gasteiger partial charge in [0.2, 0.25) is 0 Å². The van der Waals surface area contributed by atoms with Crippen molar-refractivity contribution in [2.75, 3.05) is 0 Å². The predicted molar refractivity (Wildman–Crippen MR) is 74.0 cm³/mol. The molecule has 0 saturated carbocycles. The molecule has 1 aromatic heterocycles. The number of ether oxygens (including phenoxy) is 1. The van der Waals surface area contributed by atoms with E-state index in [1.165, 1.54) is 0 Å². The van der Waals surface area contributed by atoms with Gasteiger partial charge in [-0.05, 0) is 48.7 Å². The molecule has 19 heavy (non-hydrogen) atoms. The van der Waals surface area contributed by atoms with Crippen LogP contribution in [0.15, 0.2) is 48.8 Å². The molecular weight excluding hydrogens is 238 g/mol. The Labute approximate surface area is 113 Å². The first-order chi connectivity index (χ1) is 9.24. The van der Waals surface area contributed by atoms with Gasteiger partial charge in [-0.25, -0.2) is 0 Å². The van der Waals surface area contributed by atoms with Gasteiger partial charge in [-0.2, -0.15) is 0 Å². The van der Waals surface area contributed by atoms with Crippen LogP contribution in [0.5, 0.6) is 5.75 Å². The summed E-state index contributed by atoms with van der Waals surface area (Å²) < 4.78 is 5.68. The predicted octanol–water partition coefficient (Wildman–Crippen LogP) is 3.18. The van der Waals surface area contributed by atoms with Crippen LogP contribution in [0.1, 0.15) is 24.5 Å². The van der Waals surface area contributed by atoms with Crippen molar-refractivity contribution in [2.24, 2.45) is 0 Å². The molecule has 1 aromatic carbocycles. The number of carbonyl (C=O) groups excluding carboxylic acids is 1. The third kappa shape index (κ3) is 4.54. The summed E-state index contributed by atoms with van der Waals surface area (Å²) in [6.07, 6.45) is 4.89. The first-order valence-electron chi connectivity index (χ1n) is 6.34. The van der Waals surface area contributed by atoms with Crippen LogP contribution in [0, 0.1) is 0 Å². The van der Waals surface area contributed by atoms with Crippen LogP contribution in [0.25, 0.3) is 0 Å². The van der Waals surface area contributed by atoms with Gasteiger partial charge < -0.3 is 9.53 Å². The maximum Gasteiger partial charge on any atom is 0.130 e. The second-order valence-corrected chi connectivity index (χ2v) is 4.49. The second kappa shape index (κ2) is 6.69. The molecule has 0 aliphatic carbocycles. The van der Waals surface area contributed by atoms with E-state index in [-0.39, 0.29) is 5.78 Å². The summed E-state index contributed by atoms with van der Waals surface area (Å²) in [5.74, 6) is 1.06. The van der Waals surface area contributed by atoms with Crippen molar-refractivity contribution < 1.29 is 9.53 Å². The van der Waals surface area contributed by atoms with Gasteiger partial charge in [-0.15, -0.1) is 0 Å². The molecular formula is C16H17NO2. The van der Waals surface area contributed by atoms with Crippen LogP contribution >= 0.6 is 0 Å². The van der Waals surface area contributed by atoms with Crippen LogP contribution < -0.4 is 4.74 Å². The minimum absolute atomic E-state index is 0.220. The van der Waals surface area contributed by atoms with E-state index in [0.717, 1.165) is 23.3 Å². The highest BCUT2D eigenvalue weighted by atomic mass is 16.5. The zero-order valence-electron chi connectivity index (χ0n) is 11.0. The number of aryl methyl sites for hydroxylation is 1. The number of pyridine rings is 1. The minimum Gasteiger partial charge on any atom is -0.489 e. The number of benzene rings is 1. The van der Waals surface area contributed by atoms with Gasteiger partial charge in [-0.1, -0.05) is 12.1 Å². The van der Waals surface area contributed by atoms with E-state index in [1.54, 1.807) is 19.3 Å². The molecule has 0 aliphatic rings. The molecule has 0 amide bonds. The van der Waals surface area contributed by atoms with E-state index < -0.39 is 0 Å². The van der Waals surface area contributed by atoms with E-state index >= 15 is 0 Å². The van der Waals surface area contributed by atoms with E-state index in [9.17, 15) is 4.79 Å². The van der Waals surface area contributed by atoms with Crippen molar-refractivity contribution in [3.63, 3.8) is 0 Å². The van der Waals surface area contributed by atoms with Crippen molar-refractivity contribution in [2.45, 2.75) is 26.4 Å². The van der Waals surface area contributed by atoms with Crippen molar-refractivity contribution >= 4 is 5.78 Å². The van der Waals surface area contributed by atoms with Gasteiger partial charge in [0.1, 0.15) is 18.1 Å². The largest absolute Gasteiger partial charge is 0.489 e. The summed E-state index contributed by atoms with van der Waals surface area (Å²) in [6.45, 7) is 2.15. The average Bonchev–Trinajstić information content (AvgIpc) is 2.45. The topological polar surface area (TPSA) is 39.2 Å². The number of hydrogen-bond donors (Lipinski definition) is 0. The highest BCUT2D eigenvalue weighted by molar-refractivity contribution is 5.75. The van der Waals surface area contributed by atoms with Crippen LogP contribution in [-0.4, -0.2) is 10.8 Å². The number of aromatic nitrogens is 1. The van der Waals surface area contributed by atoms with Gasteiger partial charge >= 0.3 is 0 Å². The Balaban J connectivity index is 1.86. The summed E-state index contributed by atoms with van der Waals surface area (Å²) in [6, 6.07) is 11.8. The van der Waals surface area contributed by atoms with E-state index in [4.69, 9.17) is 4.74 Å². The first kappa shape index (κ1) is 13.3. The minimum atomic E-state index is 0.220. The molecule has 2 rings (SSSR count). The van der Waals surface area contributed by atoms with Crippen molar-refractivity contribution in [1.29, 1.82) is 0 Å². The zero-order valence-corrected chi connectivity index (χ0v) is 11.0. The van der Waals surface area contributed by atoms with E-state index in [1.807, 2.05) is 36.4 Å². The molecule has 0 saturated heterocycles. The molecule has 0 aliphatic heterocycles. The Morgan fingerprint density at radius 1 is 1.05 bits per heavy atom. The highest BCUT2D eigenvalue weighted by Gasteiger charge is 1.99. The van der Waals surface area contributed by atoms with Crippen molar-refractivity contribution in [1.82, 2.24) is 4.98 Å². The van der Waals surface area contributed by atoms with Crippen LogP contribution in [-0.2, 0) is 17.8 Å². The molecule has 0 radical (unpaired) electrons. The van der Waals surface area contributed by atoms with Crippen molar-refractivity contribution in [3.05, 3.63) is 59.9 Å². The number of ketones is 1. The zero-order chi connectivity index (χ0) is 13.5. The van der Waals surface area contributed by atoms with E-state index in [2.05, 4.69) is 4.98 Å². The molecule has 0 bridgehead atoms. The maximum atomic E-state index is 10.9. The molecule has 0 spiro atoms. The van der Waals surface area contributed by atoms with Gasteiger partial charge in [0.15, 0.2) is 0 Å². The Hall–Kier alpha value is -2.16. The monoisotopic (exact) mass is 255 g/mol.